The zero-order valence-electron chi connectivity index (χ0n) is 12.7. The Bertz CT molecular complexity index is 1000. The van der Waals surface area contributed by atoms with E-state index < -0.39 is 4.92 Å². The van der Waals surface area contributed by atoms with Gasteiger partial charge in [-0.1, -0.05) is 29.8 Å². The van der Waals surface area contributed by atoms with Crippen LogP contribution in [-0.2, 0) is 0 Å². The van der Waals surface area contributed by atoms with E-state index in [1.807, 2.05) is 23.6 Å². The lowest BCUT2D eigenvalue weighted by Gasteiger charge is -1.99. The molecule has 3 aromatic rings. The molecule has 0 saturated heterocycles. The highest BCUT2D eigenvalue weighted by atomic mass is 35.5. The van der Waals surface area contributed by atoms with E-state index in [2.05, 4.69) is 11.1 Å². The molecule has 122 valence electrons. The zero-order valence-corrected chi connectivity index (χ0v) is 14.3. The summed E-state index contributed by atoms with van der Waals surface area (Å²) in [7, 11) is 0. The summed E-state index contributed by atoms with van der Waals surface area (Å²) in [6.07, 6.45) is 1.70. The van der Waals surface area contributed by atoms with Gasteiger partial charge in [-0.05, 0) is 29.8 Å². The van der Waals surface area contributed by atoms with E-state index in [0.29, 0.717) is 21.3 Å². The maximum atomic E-state index is 10.7. The number of hydrogen-bond donors (Lipinski definition) is 0. The molecule has 0 saturated carbocycles. The quantitative estimate of drug-likeness (QED) is 0.349. The average Bonchev–Trinajstić information content (AvgIpc) is 3.11. The normalized spacial score (nSPS) is 11.1. The molecular weight excluding hydrogens is 358 g/mol. The number of hydrogen-bond acceptors (Lipinski definition) is 5. The number of rotatable bonds is 4. The Morgan fingerprint density at radius 1 is 1.24 bits per heavy atom. The van der Waals surface area contributed by atoms with Crippen molar-refractivity contribution in [3.8, 4) is 17.3 Å². The highest BCUT2D eigenvalue weighted by Gasteiger charge is 2.11. The lowest BCUT2D eigenvalue weighted by Crippen LogP contribution is -1.87. The number of non-ortho nitro benzene ring substituents is 1. The van der Waals surface area contributed by atoms with Gasteiger partial charge in [0.15, 0.2) is 0 Å². The van der Waals surface area contributed by atoms with E-state index in [1.54, 1.807) is 24.3 Å². The molecule has 0 N–H and O–H groups in total. The molecule has 25 heavy (non-hydrogen) atoms. The molecule has 7 heteroatoms. The molecule has 0 spiro atoms. The molecule has 1 aromatic heterocycles. The van der Waals surface area contributed by atoms with Crippen LogP contribution in [0.4, 0.5) is 5.69 Å². The van der Waals surface area contributed by atoms with E-state index in [1.165, 1.54) is 23.5 Å². The van der Waals surface area contributed by atoms with Gasteiger partial charge in [0.2, 0.25) is 0 Å². The van der Waals surface area contributed by atoms with Crippen molar-refractivity contribution in [2.75, 3.05) is 0 Å². The molecule has 0 radical (unpaired) electrons. The van der Waals surface area contributed by atoms with Crippen LogP contribution in [0.25, 0.3) is 22.9 Å². The minimum absolute atomic E-state index is 0.0236. The SMILES string of the molecule is N#C/C(=C\c1ccccc1Cl)c1nc(-c2ccc([N+](=O)[O-])cc2)cs1. The van der Waals surface area contributed by atoms with Crippen LogP contribution in [-0.4, -0.2) is 9.91 Å². The van der Waals surface area contributed by atoms with Crippen LogP contribution in [0.1, 0.15) is 10.6 Å². The van der Waals surface area contributed by atoms with Crippen molar-refractivity contribution in [3.63, 3.8) is 0 Å². The molecule has 0 aliphatic carbocycles. The number of nitro benzene ring substituents is 1. The number of aromatic nitrogens is 1. The number of thiazole rings is 1. The van der Waals surface area contributed by atoms with Crippen molar-refractivity contribution in [2.24, 2.45) is 0 Å². The number of nitriles is 1. The lowest BCUT2D eigenvalue weighted by molar-refractivity contribution is -0.384. The Balaban J connectivity index is 1.93. The first-order valence-corrected chi connectivity index (χ1v) is 8.41. The first-order valence-electron chi connectivity index (χ1n) is 7.15. The molecule has 0 amide bonds. The van der Waals surface area contributed by atoms with E-state index in [4.69, 9.17) is 11.6 Å². The van der Waals surface area contributed by atoms with Gasteiger partial charge in [-0.15, -0.1) is 11.3 Å². The van der Waals surface area contributed by atoms with Crippen molar-refractivity contribution >= 4 is 40.3 Å². The summed E-state index contributed by atoms with van der Waals surface area (Å²) < 4.78 is 0. The Hall–Kier alpha value is -3.01. The third kappa shape index (κ3) is 3.74. The second-order valence-corrected chi connectivity index (χ2v) is 6.30. The lowest BCUT2D eigenvalue weighted by atomic mass is 10.1. The summed E-state index contributed by atoms with van der Waals surface area (Å²) in [5.41, 5.74) is 2.59. The molecule has 1 heterocycles. The molecule has 0 aliphatic heterocycles. The molecule has 5 nitrogen and oxygen atoms in total. The van der Waals surface area contributed by atoms with E-state index in [-0.39, 0.29) is 5.69 Å². The van der Waals surface area contributed by atoms with Crippen molar-refractivity contribution < 1.29 is 4.92 Å². The monoisotopic (exact) mass is 367 g/mol. The van der Waals surface area contributed by atoms with E-state index in [9.17, 15) is 15.4 Å². The van der Waals surface area contributed by atoms with Crippen LogP contribution in [0, 0.1) is 21.4 Å². The second-order valence-electron chi connectivity index (χ2n) is 5.03. The number of nitro groups is 1. The predicted molar refractivity (Wildman–Crippen MR) is 99.1 cm³/mol. The fourth-order valence-corrected chi connectivity index (χ4v) is 3.16. The summed E-state index contributed by atoms with van der Waals surface area (Å²) >= 11 is 7.46. The number of allylic oxidation sites excluding steroid dienone is 1. The van der Waals surface area contributed by atoms with Crippen LogP contribution in [0.3, 0.4) is 0 Å². The van der Waals surface area contributed by atoms with Gasteiger partial charge in [0.25, 0.3) is 5.69 Å². The highest BCUT2D eigenvalue weighted by molar-refractivity contribution is 7.11. The van der Waals surface area contributed by atoms with Crippen LogP contribution in [0.2, 0.25) is 5.02 Å². The molecule has 0 bridgehead atoms. The Labute approximate surface area is 152 Å². The predicted octanol–water partition coefficient (Wildman–Crippen LogP) is 5.44. The maximum Gasteiger partial charge on any atom is 0.269 e. The highest BCUT2D eigenvalue weighted by Crippen LogP contribution is 2.29. The largest absolute Gasteiger partial charge is 0.269 e. The van der Waals surface area contributed by atoms with Gasteiger partial charge in [0.1, 0.15) is 11.1 Å². The van der Waals surface area contributed by atoms with Crippen LogP contribution in [0.15, 0.2) is 53.9 Å². The second kappa shape index (κ2) is 7.26. The number of halogens is 1. The Morgan fingerprint density at radius 2 is 1.96 bits per heavy atom. The summed E-state index contributed by atoms with van der Waals surface area (Å²) in [6, 6.07) is 15.5. The van der Waals surface area contributed by atoms with Gasteiger partial charge < -0.3 is 0 Å². The van der Waals surface area contributed by atoms with Gasteiger partial charge in [-0.2, -0.15) is 5.26 Å². The zero-order chi connectivity index (χ0) is 17.8. The van der Waals surface area contributed by atoms with Gasteiger partial charge >= 0.3 is 0 Å². The van der Waals surface area contributed by atoms with Crippen molar-refractivity contribution in [3.05, 3.63) is 79.6 Å². The summed E-state index contributed by atoms with van der Waals surface area (Å²) in [5.74, 6) is 0. The minimum atomic E-state index is -0.448. The van der Waals surface area contributed by atoms with Crippen molar-refractivity contribution in [1.29, 1.82) is 5.26 Å². The third-order valence-corrected chi connectivity index (χ3v) is 4.65. The van der Waals surface area contributed by atoms with Gasteiger partial charge in [0.05, 0.1) is 16.2 Å². The van der Waals surface area contributed by atoms with Gasteiger partial charge in [-0.25, -0.2) is 4.98 Å². The number of benzene rings is 2. The molecule has 2 aromatic carbocycles. The van der Waals surface area contributed by atoms with Crippen LogP contribution < -0.4 is 0 Å². The molecule has 0 atom stereocenters. The van der Waals surface area contributed by atoms with Crippen molar-refractivity contribution in [1.82, 2.24) is 4.98 Å². The topological polar surface area (TPSA) is 79.8 Å². The molecule has 0 aliphatic rings. The summed E-state index contributed by atoms with van der Waals surface area (Å²) in [4.78, 5) is 14.7. The number of nitrogens with zero attached hydrogens (tertiary/aromatic N) is 3. The van der Waals surface area contributed by atoms with E-state index in [0.717, 1.165) is 11.1 Å². The first kappa shape index (κ1) is 16.8. The van der Waals surface area contributed by atoms with Crippen molar-refractivity contribution in [2.45, 2.75) is 0 Å². The Morgan fingerprint density at radius 3 is 2.60 bits per heavy atom. The summed E-state index contributed by atoms with van der Waals surface area (Å²) in [6.45, 7) is 0. The molecule has 0 fully saturated rings. The molecule has 3 rings (SSSR count). The minimum Gasteiger partial charge on any atom is -0.258 e. The smallest absolute Gasteiger partial charge is 0.258 e. The van der Waals surface area contributed by atoms with Gasteiger partial charge in [0, 0.05) is 28.1 Å². The third-order valence-electron chi connectivity index (χ3n) is 3.43. The fourth-order valence-electron chi connectivity index (χ4n) is 2.17. The maximum absolute atomic E-state index is 10.7. The van der Waals surface area contributed by atoms with E-state index >= 15 is 0 Å². The first-order chi connectivity index (χ1) is 12.1. The average molecular weight is 368 g/mol. The Kier molecular flexibility index (Phi) is 4.89. The fraction of sp³-hybridized carbons (Fsp3) is 0. The van der Waals surface area contributed by atoms with Crippen LogP contribution >= 0.6 is 22.9 Å². The summed E-state index contributed by atoms with van der Waals surface area (Å²) in [5, 5.41) is 23.1. The van der Waals surface area contributed by atoms with Gasteiger partial charge in [-0.3, -0.25) is 10.1 Å². The van der Waals surface area contributed by atoms with Crippen LogP contribution in [0.5, 0.6) is 0 Å². The molecule has 0 unspecified atom stereocenters. The molecular formula is C18H10ClN3O2S. The standard InChI is InChI=1S/C18H10ClN3O2S/c19-16-4-2-1-3-13(16)9-14(10-20)18-21-17(11-25-18)12-5-7-15(8-6-12)22(23)24/h1-9,11H/b14-9+.